The topological polar surface area (TPSA) is 114 Å². The highest BCUT2D eigenvalue weighted by molar-refractivity contribution is 5.74. The number of fused-ring (bicyclic) bond motifs is 1. The Balaban J connectivity index is 1.44. The summed E-state index contributed by atoms with van der Waals surface area (Å²) in [6, 6.07) is 7.17. The Morgan fingerprint density at radius 1 is 1.18 bits per heavy atom. The second-order valence-electron chi connectivity index (χ2n) is 9.88. The number of imidazole rings is 1. The van der Waals surface area contributed by atoms with Crippen molar-refractivity contribution in [3.63, 3.8) is 0 Å². The summed E-state index contributed by atoms with van der Waals surface area (Å²) < 4.78 is 35.7. The maximum absolute atomic E-state index is 14.7. The lowest BCUT2D eigenvalue weighted by atomic mass is 9.89. The number of likely N-dealkylation sites (N-methyl/N-ethyl adjacent to an activating group) is 1. The van der Waals surface area contributed by atoms with Crippen molar-refractivity contribution in [2.45, 2.75) is 25.9 Å². The third-order valence-electron chi connectivity index (χ3n) is 7.08. The van der Waals surface area contributed by atoms with Crippen LogP contribution >= 0.6 is 0 Å². The number of anilines is 3. The second kappa shape index (κ2) is 10.4. The molecule has 0 spiro atoms. The maximum atomic E-state index is 14.7. The van der Waals surface area contributed by atoms with Gasteiger partial charge in [0.2, 0.25) is 5.95 Å². The van der Waals surface area contributed by atoms with Crippen LogP contribution in [0.5, 0.6) is 0 Å². The van der Waals surface area contributed by atoms with E-state index in [1.54, 1.807) is 49.6 Å². The minimum Gasteiger partial charge on any atom is -0.453 e. The fraction of sp³-hybridized carbons (Fsp3) is 0.333. The number of amides is 1. The number of carbonyl (C=O) groups is 1. The van der Waals surface area contributed by atoms with Gasteiger partial charge in [0.1, 0.15) is 11.6 Å². The average molecular weight is 537 g/mol. The van der Waals surface area contributed by atoms with Crippen molar-refractivity contribution in [2.75, 3.05) is 37.5 Å². The van der Waals surface area contributed by atoms with Gasteiger partial charge in [-0.25, -0.2) is 18.6 Å². The van der Waals surface area contributed by atoms with Crippen LogP contribution in [0.1, 0.15) is 12.5 Å². The molecule has 4 aromatic rings. The SMILES string of the molecule is COC(=O)N(C)C1C(C)CN(c2ccncc2Nc2ncc3ccc(-c4c(F)cc(C)cc4F)nn23)CC1N. The molecule has 0 radical (unpaired) electrons. The summed E-state index contributed by atoms with van der Waals surface area (Å²) in [6.45, 7) is 4.80. The molecule has 3 N–H and O–H groups in total. The Kier molecular flexibility index (Phi) is 7.04. The number of nitrogens with one attached hydrogen (secondary N) is 1. The van der Waals surface area contributed by atoms with E-state index in [1.165, 1.54) is 23.8 Å². The van der Waals surface area contributed by atoms with Gasteiger partial charge in [-0.3, -0.25) is 4.98 Å². The zero-order valence-electron chi connectivity index (χ0n) is 22.1. The predicted molar refractivity (Wildman–Crippen MR) is 144 cm³/mol. The molecule has 5 rings (SSSR count). The lowest BCUT2D eigenvalue weighted by Crippen LogP contribution is -2.62. The first-order valence-electron chi connectivity index (χ1n) is 12.5. The van der Waals surface area contributed by atoms with Crippen LogP contribution in [0.15, 0.2) is 48.9 Å². The van der Waals surface area contributed by atoms with E-state index < -0.39 is 17.7 Å². The molecule has 0 aliphatic carbocycles. The number of aromatic nitrogens is 4. The summed E-state index contributed by atoms with van der Waals surface area (Å²) in [5, 5.41) is 7.75. The number of hydrogen-bond acceptors (Lipinski definition) is 8. The molecule has 3 atom stereocenters. The molecule has 3 unspecified atom stereocenters. The Morgan fingerprint density at radius 3 is 2.62 bits per heavy atom. The molecule has 39 heavy (non-hydrogen) atoms. The van der Waals surface area contributed by atoms with E-state index in [0.29, 0.717) is 35.8 Å². The van der Waals surface area contributed by atoms with Crippen molar-refractivity contribution in [3.05, 3.63) is 66.1 Å². The fourth-order valence-corrected chi connectivity index (χ4v) is 5.37. The highest BCUT2D eigenvalue weighted by Gasteiger charge is 2.38. The van der Waals surface area contributed by atoms with Gasteiger partial charge in [-0.1, -0.05) is 6.92 Å². The zero-order chi connectivity index (χ0) is 27.8. The number of hydrogen-bond donors (Lipinski definition) is 2. The van der Waals surface area contributed by atoms with Crippen molar-refractivity contribution in [1.29, 1.82) is 0 Å². The number of nitrogens with zero attached hydrogens (tertiary/aromatic N) is 6. The van der Waals surface area contributed by atoms with Crippen molar-refractivity contribution < 1.29 is 18.3 Å². The molecule has 1 aliphatic heterocycles. The van der Waals surface area contributed by atoms with E-state index >= 15 is 0 Å². The largest absolute Gasteiger partial charge is 0.453 e. The highest BCUT2D eigenvalue weighted by atomic mass is 19.1. The van der Waals surface area contributed by atoms with Crippen molar-refractivity contribution in [1.82, 2.24) is 24.5 Å². The van der Waals surface area contributed by atoms with Crippen LogP contribution in [0.4, 0.5) is 30.9 Å². The molecule has 1 fully saturated rings. The quantitative estimate of drug-likeness (QED) is 0.394. The lowest BCUT2D eigenvalue weighted by molar-refractivity contribution is 0.0906. The first kappa shape index (κ1) is 26.3. The molecule has 4 heterocycles. The first-order valence-corrected chi connectivity index (χ1v) is 12.5. The normalized spacial score (nSPS) is 19.3. The van der Waals surface area contributed by atoms with Crippen molar-refractivity contribution >= 4 is 28.9 Å². The number of carbonyl (C=O) groups excluding carboxylic acids is 1. The third kappa shape index (κ3) is 4.94. The van der Waals surface area contributed by atoms with Gasteiger partial charge in [0.05, 0.1) is 53.7 Å². The molecule has 204 valence electrons. The van der Waals surface area contributed by atoms with Gasteiger partial charge >= 0.3 is 6.09 Å². The molecular formula is C27H30F2N8O2. The highest BCUT2D eigenvalue weighted by Crippen LogP contribution is 2.33. The van der Waals surface area contributed by atoms with E-state index in [9.17, 15) is 13.6 Å². The van der Waals surface area contributed by atoms with Crippen LogP contribution in [0.3, 0.4) is 0 Å². The van der Waals surface area contributed by atoms with Gasteiger partial charge < -0.3 is 25.6 Å². The first-order chi connectivity index (χ1) is 18.7. The van der Waals surface area contributed by atoms with E-state index in [4.69, 9.17) is 10.5 Å². The van der Waals surface area contributed by atoms with Crippen molar-refractivity contribution in [3.8, 4) is 11.3 Å². The summed E-state index contributed by atoms with van der Waals surface area (Å²) in [7, 11) is 3.05. The maximum Gasteiger partial charge on any atom is 0.409 e. The number of aryl methyl sites for hydroxylation is 1. The Labute approximate surface area is 224 Å². The fourth-order valence-electron chi connectivity index (χ4n) is 5.37. The van der Waals surface area contributed by atoms with Gasteiger partial charge in [-0.2, -0.15) is 9.61 Å². The van der Waals surface area contributed by atoms with E-state index in [-0.39, 0.29) is 29.3 Å². The number of pyridine rings is 1. The molecule has 1 saturated heterocycles. The summed E-state index contributed by atoms with van der Waals surface area (Å²) in [5.41, 5.74) is 9.11. The number of piperidine rings is 1. The second-order valence-corrected chi connectivity index (χ2v) is 9.88. The van der Waals surface area contributed by atoms with Crippen LogP contribution < -0.4 is 16.0 Å². The number of benzene rings is 1. The molecule has 12 heteroatoms. The molecule has 1 aliphatic rings. The lowest BCUT2D eigenvalue weighted by Gasteiger charge is -2.45. The van der Waals surface area contributed by atoms with Gasteiger partial charge in [-0.05, 0) is 48.7 Å². The molecular weight excluding hydrogens is 506 g/mol. The van der Waals surface area contributed by atoms with E-state index in [2.05, 4.69) is 25.3 Å². The Bertz CT molecular complexity index is 1490. The summed E-state index contributed by atoms with van der Waals surface area (Å²) in [6.07, 6.45) is 4.54. The third-order valence-corrected chi connectivity index (χ3v) is 7.08. The van der Waals surface area contributed by atoms with Gasteiger partial charge in [0.15, 0.2) is 0 Å². The van der Waals surface area contributed by atoms with Gasteiger partial charge in [0, 0.05) is 32.4 Å². The molecule has 0 saturated carbocycles. The summed E-state index contributed by atoms with van der Waals surface area (Å²) in [4.78, 5) is 24.5. The van der Waals surface area contributed by atoms with Crippen molar-refractivity contribution in [2.24, 2.45) is 11.7 Å². The minimum absolute atomic E-state index is 0.0506. The number of halogens is 2. The number of ether oxygens (including phenoxy) is 1. The Morgan fingerprint density at radius 2 is 1.92 bits per heavy atom. The van der Waals surface area contributed by atoms with Crippen LogP contribution in [0, 0.1) is 24.5 Å². The van der Waals surface area contributed by atoms with Crippen LogP contribution in [0.25, 0.3) is 16.8 Å². The number of nitrogens with two attached hydrogens (primary N) is 1. The van der Waals surface area contributed by atoms with Crippen LogP contribution in [0.2, 0.25) is 0 Å². The van der Waals surface area contributed by atoms with Crippen LogP contribution in [-0.4, -0.2) is 69.9 Å². The summed E-state index contributed by atoms with van der Waals surface area (Å²) >= 11 is 0. The number of rotatable bonds is 5. The van der Waals surface area contributed by atoms with Gasteiger partial charge in [0.25, 0.3) is 0 Å². The molecule has 1 aromatic carbocycles. The molecule has 10 nitrogen and oxygen atoms in total. The average Bonchev–Trinajstić information content (AvgIpc) is 3.29. The zero-order valence-corrected chi connectivity index (χ0v) is 22.1. The predicted octanol–water partition coefficient (Wildman–Crippen LogP) is 3.97. The number of methoxy groups -OCH3 is 1. The van der Waals surface area contributed by atoms with Gasteiger partial charge in [-0.15, -0.1) is 0 Å². The minimum atomic E-state index is -0.685. The smallest absolute Gasteiger partial charge is 0.409 e. The molecule has 0 bridgehead atoms. The Hall–Kier alpha value is -4.32. The standard InChI is InChI=1S/C27H30F2N8O2/c1-15-9-18(28)24(19(29)10-15)21-6-5-17-11-32-26(37(17)34-21)33-22-12-31-8-7-23(22)36-13-16(2)25(20(30)14-36)35(3)27(38)39-4/h5-12,16,20,25H,13-14,30H2,1-4H3,(H,32,33). The molecule has 1 amide bonds. The van der Waals surface area contributed by atoms with Crippen LogP contribution in [-0.2, 0) is 4.74 Å². The molecule has 3 aromatic heterocycles. The van der Waals surface area contributed by atoms with E-state index in [1.807, 2.05) is 13.0 Å². The monoisotopic (exact) mass is 536 g/mol. The van der Waals surface area contributed by atoms with E-state index in [0.717, 1.165) is 5.69 Å². The summed E-state index contributed by atoms with van der Waals surface area (Å²) in [5.74, 6) is -0.966.